The number of amides is 4. The van der Waals surface area contributed by atoms with Crippen LogP contribution in [0.4, 0.5) is 25.1 Å². The van der Waals surface area contributed by atoms with E-state index in [2.05, 4.69) is 32.4 Å². The van der Waals surface area contributed by atoms with Crippen LogP contribution in [0.5, 0.6) is 0 Å². The highest BCUT2D eigenvalue weighted by atomic mass is 19.1. The summed E-state index contributed by atoms with van der Waals surface area (Å²) in [6.07, 6.45) is -0.540. The maximum atomic E-state index is 14.9. The highest BCUT2D eigenvalue weighted by molar-refractivity contribution is 6.20. The van der Waals surface area contributed by atoms with Crippen LogP contribution in [-0.2, 0) is 9.59 Å². The summed E-state index contributed by atoms with van der Waals surface area (Å²) in [5.74, 6) is 2.11. The molecule has 3 aromatic rings. The number of halogens is 2. The Kier molecular flexibility index (Phi) is 6.49. The predicted molar refractivity (Wildman–Crippen MR) is 128 cm³/mol. The number of urea groups is 1. The van der Waals surface area contributed by atoms with Crippen LogP contribution in [0.1, 0.15) is 36.0 Å². The van der Waals surface area contributed by atoms with Gasteiger partial charge in [0, 0.05) is 22.9 Å². The van der Waals surface area contributed by atoms with Gasteiger partial charge in [-0.2, -0.15) is 0 Å². The first-order valence-electron chi connectivity index (χ1n) is 10.9. The van der Waals surface area contributed by atoms with Gasteiger partial charge in [-0.3, -0.25) is 9.59 Å². The molecule has 0 saturated carbocycles. The molecule has 0 spiro atoms. The van der Waals surface area contributed by atoms with Gasteiger partial charge >= 0.3 is 6.03 Å². The fraction of sp³-hybridized carbons (Fsp3) is 0.192. The van der Waals surface area contributed by atoms with Gasteiger partial charge in [0.15, 0.2) is 11.6 Å². The van der Waals surface area contributed by atoms with Crippen molar-refractivity contribution in [3.8, 4) is 11.8 Å². The predicted octanol–water partition coefficient (Wildman–Crippen LogP) is 3.62. The van der Waals surface area contributed by atoms with E-state index in [-0.39, 0.29) is 11.4 Å². The molecular formula is C26H21F2N5O3. The van der Waals surface area contributed by atoms with Gasteiger partial charge in [-0.15, -0.1) is 0 Å². The van der Waals surface area contributed by atoms with Crippen LogP contribution in [0.25, 0.3) is 0 Å². The first-order chi connectivity index (χ1) is 17.1. The van der Waals surface area contributed by atoms with Crippen molar-refractivity contribution in [1.29, 1.82) is 0 Å². The van der Waals surface area contributed by atoms with Crippen molar-refractivity contribution in [1.82, 2.24) is 15.3 Å². The first-order valence-corrected chi connectivity index (χ1v) is 10.9. The second kappa shape index (κ2) is 9.54. The van der Waals surface area contributed by atoms with E-state index < -0.39 is 47.1 Å². The zero-order valence-corrected chi connectivity index (χ0v) is 19.6. The molecule has 4 rings (SSSR count). The van der Waals surface area contributed by atoms with E-state index in [9.17, 15) is 23.2 Å². The fourth-order valence-electron chi connectivity index (χ4n) is 3.75. The Labute approximate surface area is 205 Å². The monoisotopic (exact) mass is 489 g/mol. The molecule has 4 amide bonds. The molecule has 0 radical (unpaired) electrons. The summed E-state index contributed by atoms with van der Waals surface area (Å²) in [6.45, 7) is 4.71. The van der Waals surface area contributed by atoms with Gasteiger partial charge in [0.1, 0.15) is 22.9 Å². The van der Waals surface area contributed by atoms with E-state index in [0.717, 1.165) is 12.1 Å². The van der Waals surface area contributed by atoms with Gasteiger partial charge < -0.3 is 10.6 Å². The average molecular weight is 489 g/mol. The summed E-state index contributed by atoms with van der Waals surface area (Å²) in [5, 5.41) is 4.93. The molecule has 2 aromatic carbocycles. The molecule has 36 heavy (non-hydrogen) atoms. The van der Waals surface area contributed by atoms with E-state index in [1.165, 1.54) is 13.0 Å². The SMILES string of the molecule is Cc1cc(NC(=O)C2(C)CC(=O)N(c3c(F)cc(C#Cc4ccccc4)cc3F)C(=O)N2)nc(C)n1. The number of rotatable bonds is 3. The van der Waals surface area contributed by atoms with Gasteiger partial charge in [0.25, 0.3) is 5.91 Å². The molecule has 1 unspecified atom stereocenters. The molecule has 182 valence electrons. The van der Waals surface area contributed by atoms with Crippen LogP contribution >= 0.6 is 0 Å². The highest BCUT2D eigenvalue weighted by Crippen LogP contribution is 2.30. The quantitative estimate of drug-likeness (QED) is 0.547. The van der Waals surface area contributed by atoms with Crippen molar-refractivity contribution in [3.63, 3.8) is 0 Å². The van der Waals surface area contributed by atoms with Crippen LogP contribution in [0.15, 0.2) is 48.5 Å². The Hall–Kier alpha value is -4.65. The molecule has 0 aliphatic carbocycles. The molecule has 1 aliphatic heterocycles. The summed E-state index contributed by atoms with van der Waals surface area (Å²) in [7, 11) is 0. The van der Waals surface area contributed by atoms with Gasteiger partial charge in [0.05, 0.1) is 6.42 Å². The average Bonchev–Trinajstić information content (AvgIpc) is 2.79. The zero-order valence-electron chi connectivity index (χ0n) is 19.6. The largest absolute Gasteiger partial charge is 0.329 e. The molecule has 2 N–H and O–H groups in total. The number of hydrogen-bond donors (Lipinski definition) is 2. The van der Waals surface area contributed by atoms with Gasteiger partial charge in [0.2, 0.25) is 5.91 Å². The maximum absolute atomic E-state index is 14.9. The van der Waals surface area contributed by atoms with E-state index in [1.54, 1.807) is 38.1 Å². The molecule has 1 aromatic heterocycles. The summed E-state index contributed by atoms with van der Waals surface area (Å²) < 4.78 is 29.8. The number of nitrogens with one attached hydrogen (secondary N) is 2. The second-order valence-electron chi connectivity index (χ2n) is 8.47. The molecular weight excluding hydrogens is 468 g/mol. The molecule has 1 fully saturated rings. The molecule has 1 saturated heterocycles. The number of hydrogen-bond acceptors (Lipinski definition) is 5. The van der Waals surface area contributed by atoms with Crippen molar-refractivity contribution < 1.29 is 23.2 Å². The van der Waals surface area contributed by atoms with Crippen molar-refractivity contribution in [2.45, 2.75) is 32.7 Å². The lowest BCUT2D eigenvalue weighted by Crippen LogP contribution is -2.65. The fourth-order valence-corrected chi connectivity index (χ4v) is 3.75. The van der Waals surface area contributed by atoms with Crippen molar-refractivity contribution in [3.05, 3.63) is 82.8 Å². The third kappa shape index (κ3) is 5.05. The molecule has 0 bridgehead atoms. The van der Waals surface area contributed by atoms with Gasteiger partial charge in [-0.05, 0) is 45.0 Å². The minimum Gasteiger partial charge on any atom is -0.323 e. The normalized spacial score (nSPS) is 17.2. The van der Waals surface area contributed by atoms with E-state index >= 15 is 0 Å². The lowest BCUT2D eigenvalue weighted by atomic mass is 9.93. The highest BCUT2D eigenvalue weighted by Gasteiger charge is 2.47. The van der Waals surface area contributed by atoms with Crippen LogP contribution in [0, 0.1) is 37.3 Å². The zero-order chi connectivity index (χ0) is 26.0. The van der Waals surface area contributed by atoms with Crippen LogP contribution in [0.3, 0.4) is 0 Å². The van der Waals surface area contributed by atoms with Gasteiger partial charge in [-0.25, -0.2) is 28.4 Å². The summed E-state index contributed by atoms with van der Waals surface area (Å²) in [5.41, 5.74) is -1.22. The molecule has 8 nitrogen and oxygen atoms in total. The topological polar surface area (TPSA) is 104 Å². The third-order valence-corrected chi connectivity index (χ3v) is 5.41. The Morgan fingerprint density at radius 1 is 1.03 bits per heavy atom. The lowest BCUT2D eigenvalue weighted by Gasteiger charge is -2.37. The van der Waals surface area contributed by atoms with E-state index in [0.29, 0.717) is 22.0 Å². The number of benzene rings is 2. The van der Waals surface area contributed by atoms with Crippen molar-refractivity contribution >= 4 is 29.4 Å². The number of aromatic nitrogens is 2. The van der Waals surface area contributed by atoms with Gasteiger partial charge in [-0.1, -0.05) is 30.0 Å². The number of anilines is 2. The minimum atomic E-state index is -1.68. The Balaban J connectivity index is 1.56. The summed E-state index contributed by atoms with van der Waals surface area (Å²) in [4.78, 5) is 47.2. The Morgan fingerprint density at radius 2 is 1.67 bits per heavy atom. The molecule has 2 heterocycles. The summed E-state index contributed by atoms with van der Waals surface area (Å²) >= 11 is 0. The first kappa shape index (κ1) is 24.5. The minimum absolute atomic E-state index is 0.0297. The van der Waals surface area contributed by atoms with E-state index in [1.807, 2.05) is 6.07 Å². The molecule has 1 atom stereocenters. The number of nitrogens with zero attached hydrogens (tertiary/aromatic N) is 3. The number of aryl methyl sites for hydroxylation is 2. The van der Waals surface area contributed by atoms with Crippen LogP contribution in [-0.4, -0.2) is 33.4 Å². The van der Waals surface area contributed by atoms with Crippen LogP contribution in [0.2, 0.25) is 0 Å². The Morgan fingerprint density at radius 3 is 2.28 bits per heavy atom. The maximum Gasteiger partial charge on any atom is 0.329 e. The molecule has 1 aliphatic rings. The van der Waals surface area contributed by atoms with Crippen LogP contribution < -0.4 is 15.5 Å². The van der Waals surface area contributed by atoms with Crippen molar-refractivity contribution in [2.24, 2.45) is 0 Å². The smallest absolute Gasteiger partial charge is 0.323 e. The number of carbonyl (C=O) groups is 3. The Bertz CT molecular complexity index is 1390. The van der Waals surface area contributed by atoms with E-state index in [4.69, 9.17) is 0 Å². The standard InChI is InChI=1S/C26H21F2N5O3/c1-15-11-21(30-16(2)29-15)31-24(35)26(3)14-22(34)33(25(36)32-26)23-19(27)12-18(13-20(23)28)10-9-17-7-5-4-6-8-17/h4-8,11-13H,14H2,1-3H3,(H,32,36)(H,29,30,31,35). The lowest BCUT2D eigenvalue weighted by molar-refractivity contribution is -0.128. The third-order valence-electron chi connectivity index (χ3n) is 5.41. The molecule has 10 heteroatoms. The number of imide groups is 1. The second-order valence-corrected chi connectivity index (χ2v) is 8.47. The van der Waals surface area contributed by atoms with Crippen molar-refractivity contribution in [2.75, 3.05) is 10.2 Å². The number of carbonyl (C=O) groups excluding carboxylic acids is 3. The summed E-state index contributed by atoms with van der Waals surface area (Å²) in [6, 6.07) is 11.1.